The Kier molecular flexibility index (Phi) is 6.28. The lowest BCUT2D eigenvalue weighted by molar-refractivity contribution is 0.826. The molecule has 1 atom stereocenters. The summed E-state index contributed by atoms with van der Waals surface area (Å²) in [6.45, 7) is 0. The Labute approximate surface area is 299 Å². The van der Waals surface area contributed by atoms with E-state index in [0.717, 1.165) is 6.42 Å². The first kappa shape index (κ1) is 28.7. The Morgan fingerprint density at radius 3 is 1.84 bits per heavy atom. The lowest BCUT2D eigenvalue weighted by Crippen LogP contribution is -2.10. The minimum Gasteiger partial charge on any atom is -0.313 e. The summed E-state index contributed by atoms with van der Waals surface area (Å²) in [6, 6.07) is 62.4. The molecule has 1 aliphatic rings. The molecule has 0 N–H and O–H groups in total. The van der Waals surface area contributed by atoms with Crippen LogP contribution in [0, 0.1) is 0 Å². The van der Waals surface area contributed by atoms with E-state index in [0.29, 0.717) is 5.92 Å². The van der Waals surface area contributed by atoms with Gasteiger partial charge in [-0.15, -0.1) is 11.3 Å². The molecule has 1 unspecified atom stereocenters. The van der Waals surface area contributed by atoms with Gasteiger partial charge in [0, 0.05) is 53.8 Å². The minimum absolute atomic E-state index is 0.294. The number of nitrogens with zero attached hydrogens (tertiary/aromatic N) is 2. The van der Waals surface area contributed by atoms with Crippen LogP contribution in [0.1, 0.15) is 28.3 Å². The molecule has 10 aromatic rings. The van der Waals surface area contributed by atoms with Gasteiger partial charge in [0.1, 0.15) is 0 Å². The van der Waals surface area contributed by atoms with Crippen molar-refractivity contribution in [2.24, 2.45) is 0 Å². The Morgan fingerprint density at radius 2 is 1.04 bits per heavy atom. The molecule has 3 heterocycles. The van der Waals surface area contributed by atoms with E-state index in [1.54, 1.807) is 0 Å². The van der Waals surface area contributed by atoms with Gasteiger partial charge in [-0.05, 0) is 83.3 Å². The van der Waals surface area contributed by atoms with E-state index in [2.05, 4.69) is 185 Å². The molecule has 0 fully saturated rings. The van der Waals surface area contributed by atoms with Gasteiger partial charge in [-0.25, -0.2) is 0 Å². The van der Waals surface area contributed by atoms with Crippen molar-refractivity contribution in [3.05, 3.63) is 186 Å². The van der Waals surface area contributed by atoms with Crippen LogP contribution in [0.2, 0.25) is 0 Å². The maximum Gasteiger partial charge on any atom is 0.0544 e. The maximum absolute atomic E-state index is 2.55. The number of aromatic nitrogens is 2. The van der Waals surface area contributed by atoms with E-state index in [1.165, 1.54) is 92.2 Å². The number of thiophene rings is 1. The Hall–Kier alpha value is -6.16. The topological polar surface area (TPSA) is 9.86 Å². The lowest BCUT2D eigenvalue weighted by atomic mass is 9.85. The van der Waals surface area contributed by atoms with Crippen LogP contribution in [0.25, 0.3) is 82.3 Å². The van der Waals surface area contributed by atoms with E-state index in [9.17, 15) is 0 Å². The molecule has 0 saturated heterocycles. The Balaban J connectivity index is 1.13. The molecule has 1 aliphatic carbocycles. The average Bonchev–Trinajstić information content (AvgIpc) is 3.85. The SMILES string of the molecule is C1=C(n2c3ccccc3c3ccc(-c4ccc5c(c4)c4ccccc4n5-c4ccccc4)cc32)CC(c2ccccc2)c2sc3ccccc3c21. The average molecular weight is 669 g/mol. The summed E-state index contributed by atoms with van der Waals surface area (Å²) in [5.41, 5.74) is 12.7. The van der Waals surface area contributed by atoms with Crippen LogP contribution in [0.5, 0.6) is 0 Å². The maximum atomic E-state index is 2.55. The summed E-state index contributed by atoms with van der Waals surface area (Å²) < 4.78 is 6.30. The second-order valence-electron chi connectivity index (χ2n) is 13.7. The minimum atomic E-state index is 0.294. The van der Waals surface area contributed by atoms with Gasteiger partial charge in [-0.3, -0.25) is 0 Å². The summed E-state index contributed by atoms with van der Waals surface area (Å²) in [7, 11) is 0. The second kappa shape index (κ2) is 11.2. The number of hydrogen-bond acceptors (Lipinski definition) is 1. The highest BCUT2D eigenvalue weighted by atomic mass is 32.1. The zero-order valence-corrected chi connectivity index (χ0v) is 28.6. The molecular formula is C48H32N2S. The van der Waals surface area contributed by atoms with E-state index in [4.69, 9.17) is 0 Å². The third kappa shape index (κ3) is 4.35. The summed E-state index contributed by atoms with van der Waals surface area (Å²) in [5, 5.41) is 6.46. The van der Waals surface area contributed by atoms with Crippen LogP contribution in [-0.2, 0) is 0 Å². The van der Waals surface area contributed by atoms with E-state index >= 15 is 0 Å². The van der Waals surface area contributed by atoms with Gasteiger partial charge in [0.25, 0.3) is 0 Å². The van der Waals surface area contributed by atoms with Gasteiger partial charge in [0.05, 0.1) is 22.1 Å². The fourth-order valence-corrected chi connectivity index (χ4v) is 9.91. The van der Waals surface area contributed by atoms with Crippen LogP contribution in [0.4, 0.5) is 0 Å². The van der Waals surface area contributed by atoms with Crippen molar-refractivity contribution in [3.8, 4) is 16.8 Å². The lowest BCUT2D eigenvalue weighted by Gasteiger charge is -2.25. The smallest absolute Gasteiger partial charge is 0.0544 e. The Morgan fingerprint density at radius 1 is 0.451 bits per heavy atom. The molecular weight excluding hydrogens is 637 g/mol. The summed E-state index contributed by atoms with van der Waals surface area (Å²) in [5.74, 6) is 0.294. The van der Waals surface area contributed by atoms with Crippen molar-refractivity contribution in [2.75, 3.05) is 0 Å². The number of hydrogen-bond donors (Lipinski definition) is 0. The first-order chi connectivity index (χ1) is 25.3. The predicted octanol–water partition coefficient (Wildman–Crippen LogP) is 13.3. The molecule has 240 valence electrons. The third-order valence-electron chi connectivity index (χ3n) is 10.9. The number of benzene rings is 7. The zero-order chi connectivity index (χ0) is 33.5. The summed E-state index contributed by atoms with van der Waals surface area (Å²) in [6.07, 6.45) is 3.42. The van der Waals surface area contributed by atoms with E-state index < -0.39 is 0 Å². The van der Waals surface area contributed by atoms with Crippen LogP contribution in [0.3, 0.4) is 0 Å². The van der Waals surface area contributed by atoms with E-state index in [-0.39, 0.29) is 0 Å². The normalized spacial score (nSPS) is 14.5. The first-order valence-electron chi connectivity index (χ1n) is 17.7. The van der Waals surface area contributed by atoms with Crippen molar-refractivity contribution in [3.63, 3.8) is 0 Å². The number of rotatable bonds is 4. The van der Waals surface area contributed by atoms with Crippen molar-refractivity contribution in [2.45, 2.75) is 12.3 Å². The van der Waals surface area contributed by atoms with Crippen molar-refractivity contribution in [1.29, 1.82) is 0 Å². The predicted molar refractivity (Wildman–Crippen MR) is 218 cm³/mol. The molecule has 0 amide bonds. The van der Waals surface area contributed by atoms with Crippen LogP contribution < -0.4 is 0 Å². The van der Waals surface area contributed by atoms with Crippen molar-refractivity contribution in [1.82, 2.24) is 9.13 Å². The molecule has 3 heteroatoms. The first-order valence-corrected chi connectivity index (χ1v) is 18.5. The molecule has 51 heavy (non-hydrogen) atoms. The zero-order valence-electron chi connectivity index (χ0n) is 27.8. The fraction of sp³-hybridized carbons (Fsp3) is 0.0417. The highest BCUT2D eigenvalue weighted by molar-refractivity contribution is 7.19. The van der Waals surface area contributed by atoms with Gasteiger partial charge >= 0.3 is 0 Å². The third-order valence-corrected chi connectivity index (χ3v) is 12.2. The second-order valence-corrected chi connectivity index (χ2v) is 14.8. The fourth-order valence-electron chi connectivity index (χ4n) is 8.60. The summed E-state index contributed by atoms with van der Waals surface area (Å²) in [4.78, 5) is 1.47. The molecule has 0 spiro atoms. The van der Waals surface area contributed by atoms with Gasteiger partial charge in [0.15, 0.2) is 0 Å². The largest absolute Gasteiger partial charge is 0.313 e. The highest BCUT2D eigenvalue weighted by Gasteiger charge is 2.29. The molecule has 3 aromatic heterocycles. The van der Waals surface area contributed by atoms with Crippen LogP contribution in [0.15, 0.2) is 170 Å². The molecule has 0 aliphatic heterocycles. The van der Waals surface area contributed by atoms with Crippen LogP contribution in [-0.4, -0.2) is 9.13 Å². The van der Waals surface area contributed by atoms with Gasteiger partial charge in [0.2, 0.25) is 0 Å². The monoisotopic (exact) mass is 668 g/mol. The highest BCUT2D eigenvalue weighted by Crippen LogP contribution is 2.49. The summed E-state index contributed by atoms with van der Waals surface area (Å²) >= 11 is 1.96. The van der Waals surface area contributed by atoms with Gasteiger partial charge < -0.3 is 9.13 Å². The standard InChI is InChI=1S/C48H32N2S/c1-3-13-31(14-4-1)40-29-35(30-42-39-19-9-12-22-47(39)51-48(40)42)50-43-20-10-7-17-36(43)38-25-23-33(28-46(38)50)32-24-26-45-41(27-32)37-18-8-11-21-44(37)49(45)34-15-5-2-6-16-34/h1-28,30,40H,29H2. The van der Waals surface area contributed by atoms with Crippen LogP contribution >= 0.6 is 11.3 Å². The van der Waals surface area contributed by atoms with Crippen molar-refractivity contribution >= 4 is 76.8 Å². The van der Waals surface area contributed by atoms with Gasteiger partial charge in [-0.2, -0.15) is 0 Å². The molecule has 0 bridgehead atoms. The molecule has 0 radical (unpaired) electrons. The van der Waals surface area contributed by atoms with Crippen molar-refractivity contribution < 1.29 is 0 Å². The number of allylic oxidation sites excluding steroid dienone is 1. The van der Waals surface area contributed by atoms with E-state index in [1.807, 2.05) is 11.3 Å². The Bertz CT molecular complexity index is 2990. The number of para-hydroxylation sites is 3. The quantitative estimate of drug-likeness (QED) is 0.177. The number of fused-ring (bicyclic) bond motifs is 9. The molecule has 7 aromatic carbocycles. The van der Waals surface area contributed by atoms with Gasteiger partial charge in [-0.1, -0.05) is 121 Å². The molecule has 2 nitrogen and oxygen atoms in total. The molecule has 11 rings (SSSR count). The molecule has 0 saturated carbocycles.